The van der Waals surface area contributed by atoms with Crippen LogP contribution in [0, 0.1) is 0 Å². The number of benzene rings is 1. The van der Waals surface area contributed by atoms with Gasteiger partial charge in [0.25, 0.3) is 5.91 Å². The minimum atomic E-state index is -0.104. The molecule has 0 spiro atoms. The highest BCUT2D eigenvalue weighted by Gasteiger charge is 2.25. The van der Waals surface area contributed by atoms with Crippen LogP contribution in [0.25, 0.3) is 0 Å². The molecule has 0 radical (unpaired) electrons. The maximum absolute atomic E-state index is 12.6. The highest BCUT2D eigenvalue weighted by Crippen LogP contribution is 2.28. The first-order valence-electron chi connectivity index (χ1n) is 8.53. The van der Waals surface area contributed by atoms with Gasteiger partial charge >= 0.3 is 0 Å². The van der Waals surface area contributed by atoms with Crippen molar-refractivity contribution in [2.24, 2.45) is 0 Å². The van der Waals surface area contributed by atoms with Crippen LogP contribution in [0.5, 0.6) is 0 Å². The highest BCUT2D eigenvalue weighted by atomic mass is 35.5. The van der Waals surface area contributed by atoms with Crippen molar-refractivity contribution in [1.82, 2.24) is 15.2 Å². The Kier molecular flexibility index (Phi) is 6.91. The predicted molar refractivity (Wildman–Crippen MR) is 105 cm³/mol. The van der Waals surface area contributed by atoms with Gasteiger partial charge in [0.05, 0.1) is 24.3 Å². The van der Waals surface area contributed by atoms with Crippen molar-refractivity contribution in [2.45, 2.75) is 11.1 Å². The van der Waals surface area contributed by atoms with Gasteiger partial charge in [-0.15, -0.1) is 11.8 Å². The number of hydrogen-bond donors (Lipinski definition) is 1. The molecular weight excluding hydrogens is 370 g/mol. The first-order valence-corrected chi connectivity index (χ1v) is 10.1. The Bertz CT molecular complexity index is 753. The lowest BCUT2D eigenvalue weighted by Gasteiger charge is -2.35. The number of aromatic nitrogens is 1. The van der Waals surface area contributed by atoms with Crippen LogP contribution in [0.4, 0.5) is 0 Å². The van der Waals surface area contributed by atoms with Crippen molar-refractivity contribution in [1.29, 1.82) is 0 Å². The Hall–Kier alpha value is -1.60. The van der Waals surface area contributed by atoms with Gasteiger partial charge in [-0.25, -0.2) is 4.98 Å². The lowest BCUT2D eigenvalue weighted by atomic mass is 10.0. The Morgan fingerprint density at radius 2 is 2.12 bits per heavy atom. The molecule has 2 aromatic rings. The predicted octanol–water partition coefficient (Wildman–Crippen LogP) is 3.26. The third-order valence-corrected chi connectivity index (χ3v) is 5.40. The quantitative estimate of drug-likeness (QED) is 0.766. The van der Waals surface area contributed by atoms with Gasteiger partial charge in [0.15, 0.2) is 0 Å². The topological polar surface area (TPSA) is 54.5 Å². The molecule has 0 bridgehead atoms. The third kappa shape index (κ3) is 4.76. The van der Waals surface area contributed by atoms with Gasteiger partial charge in [0.1, 0.15) is 0 Å². The smallest absolute Gasteiger partial charge is 0.251 e. The van der Waals surface area contributed by atoms with Crippen LogP contribution in [0.3, 0.4) is 0 Å². The zero-order valence-electron chi connectivity index (χ0n) is 14.7. The number of carbonyl (C=O) groups is 1. The Morgan fingerprint density at radius 3 is 2.85 bits per heavy atom. The molecule has 1 aliphatic heterocycles. The lowest BCUT2D eigenvalue weighted by molar-refractivity contribution is 0.0162. The van der Waals surface area contributed by atoms with E-state index in [1.54, 1.807) is 18.3 Å². The normalized spacial score (nSPS) is 16.2. The second-order valence-corrected chi connectivity index (χ2v) is 7.22. The van der Waals surface area contributed by atoms with Gasteiger partial charge in [-0.3, -0.25) is 9.69 Å². The number of nitrogens with zero attached hydrogens (tertiary/aromatic N) is 2. The van der Waals surface area contributed by atoms with Crippen molar-refractivity contribution >= 4 is 29.3 Å². The van der Waals surface area contributed by atoms with Crippen molar-refractivity contribution in [3.05, 3.63) is 58.7 Å². The molecule has 1 aromatic carbocycles. The van der Waals surface area contributed by atoms with E-state index >= 15 is 0 Å². The van der Waals surface area contributed by atoms with E-state index in [0.717, 1.165) is 23.7 Å². The lowest BCUT2D eigenvalue weighted by Crippen LogP contribution is -2.44. The SMILES string of the molecule is CSc1cc(C(=O)NC[C@@H](c2ccccc2Cl)N2CCOCC2)ccn1. The number of thioether (sulfide) groups is 1. The zero-order valence-corrected chi connectivity index (χ0v) is 16.2. The second kappa shape index (κ2) is 9.37. The summed E-state index contributed by atoms with van der Waals surface area (Å²) in [5.74, 6) is -0.104. The summed E-state index contributed by atoms with van der Waals surface area (Å²) in [6.07, 6.45) is 3.60. The molecule has 1 saturated heterocycles. The number of halogens is 1. The molecule has 7 heteroatoms. The standard InChI is InChI=1S/C19H22ClN3O2S/c1-26-18-12-14(6-7-21-18)19(24)22-13-17(23-8-10-25-11-9-23)15-4-2-3-5-16(15)20/h2-7,12,17H,8-11,13H2,1H3,(H,22,24)/t17-/m0/s1. The second-order valence-electron chi connectivity index (χ2n) is 5.98. The zero-order chi connectivity index (χ0) is 18.4. The summed E-state index contributed by atoms with van der Waals surface area (Å²) in [7, 11) is 0. The van der Waals surface area contributed by atoms with E-state index in [0.29, 0.717) is 30.3 Å². The van der Waals surface area contributed by atoms with Gasteiger partial charge in [0.2, 0.25) is 0 Å². The van der Waals surface area contributed by atoms with E-state index in [2.05, 4.69) is 15.2 Å². The molecular formula is C19H22ClN3O2S. The number of ether oxygens (including phenoxy) is 1. The molecule has 0 saturated carbocycles. The van der Waals surface area contributed by atoms with Crippen molar-refractivity contribution in [3.63, 3.8) is 0 Å². The van der Waals surface area contributed by atoms with Gasteiger partial charge in [-0.05, 0) is 30.0 Å². The maximum Gasteiger partial charge on any atom is 0.251 e. The molecule has 3 rings (SSSR count). The van der Waals surface area contributed by atoms with Crippen LogP contribution in [-0.4, -0.2) is 54.9 Å². The number of morpholine rings is 1. The number of carbonyl (C=O) groups excluding carboxylic acids is 1. The average molecular weight is 392 g/mol. The van der Waals surface area contributed by atoms with Crippen molar-refractivity contribution in [2.75, 3.05) is 39.1 Å². The summed E-state index contributed by atoms with van der Waals surface area (Å²) < 4.78 is 5.47. The molecule has 2 heterocycles. The molecule has 5 nitrogen and oxygen atoms in total. The third-order valence-electron chi connectivity index (χ3n) is 4.41. The first-order chi connectivity index (χ1) is 12.7. The Labute approximate surface area is 163 Å². The molecule has 26 heavy (non-hydrogen) atoms. The van der Waals surface area contributed by atoms with Crippen LogP contribution < -0.4 is 5.32 Å². The number of pyridine rings is 1. The van der Waals surface area contributed by atoms with Crippen molar-refractivity contribution < 1.29 is 9.53 Å². The van der Waals surface area contributed by atoms with Crippen LogP contribution in [0.15, 0.2) is 47.6 Å². The average Bonchev–Trinajstić information content (AvgIpc) is 2.70. The van der Waals surface area contributed by atoms with Crippen LogP contribution in [-0.2, 0) is 4.74 Å². The molecule has 1 amide bonds. The van der Waals surface area contributed by atoms with E-state index in [1.807, 2.05) is 30.5 Å². The molecule has 0 aliphatic carbocycles. The Balaban J connectivity index is 1.75. The van der Waals surface area contributed by atoms with Crippen LogP contribution in [0.1, 0.15) is 22.0 Å². The van der Waals surface area contributed by atoms with Gasteiger partial charge in [0, 0.05) is 36.4 Å². The molecule has 1 aliphatic rings. The fourth-order valence-electron chi connectivity index (χ4n) is 3.02. The van der Waals surface area contributed by atoms with Crippen molar-refractivity contribution in [3.8, 4) is 0 Å². The molecule has 138 valence electrons. The fourth-order valence-corrected chi connectivity index (χ4v) is 3.70. The fraction of sp³-hybridized carbons (Fsp3) is 0.368. The summed E-state index contributed by atoms with van der Waals surface area (Å²) in [6, 6.07) is 11.4. The van der Waals surface area contributed by atoms with Crippen LogP contribution in [0.2, 0.25) is 5.02 Å². The monoisotopic (exact) mass is 391 g/mol. The van der Waals surface area contributed by atoms with E-state index in [1.165, 1.54) is 11.8 Å². The molecule has 1 fully saturated rings. The summed E-state index contributed by atoms with van der Waals surface area (Å²) >= 11 is 7.94. The minimum Gasteiger partial charge on any atom is -0.379 e. The minimum absolute atomic E-state index is 0.0124. The molecule has 1 N–H and O–H groups in total. The summed E-state index contributed by atoms with van der Waals surface area (Å²) in [5, 5.41) is 4.60. The van der Waals surface area contributed by atoms with E-state index in [4.69, 9.17) is 16.3 Å². The van der Waals surface area contributed by atoms with Gasteiger partial charge in [-0.2, -0.15) is 0 Å². The van der Waals surface area contributed by atoms with E-state index < -0.39 is 0 Å². The van der Waals surface area contributed by atoms with Crippen LogP contribution >= 0.6 is 23.4 Å². The summed E-state index contributed by atoms with van der Waals surface area (Å²) in [5.41, 5.74) is 1.64. The molecule has 0 unspecified atom stereocenters. The van der Waals surface area contributed by atoms with E-state index in [-0.39, 0.29) is 11.9 Å². The molecule has 1 aromatic heterocycles. The first kappa shape index (κ1) is 19.2. The van der Waals surface area contributed by atoms with Gasteiger partial charge < -0.3 is 10.1 Å². The summed E-state index contributed by atoms with van der Waals surface area (Å²) in [4.78, 5) is 19.1. The maximum atomic E-state index is 12.6. The number of rotatable bonds is 6. The van der Waals surface area contributed by atoms with Gasteiger partial charge in [-0.1, -0.05) is 29.8 Å². The number of amides is 1. The van der Waals surface area contributed by atoms with E-state index in [9.17, 15) is 4.79 Å². The summed E-state index contributed by atoms with van der Waals surface area (Å²) in [6.45, 7) is 3.50. The molecule has 1 atom stereocenters. The Morgan fingerprint density at radius 1 is 1.35 bits per heavy atom. The highest BCUT2D eigenvalue weighted by molar-refractivity contribution is 7.98. The number of hydrogen-bond acceptors (Lipinski definition) is 5. The number of nitrogens with one attached hydrogen (secondary N) is 1. The largest absolute Gasteiger partial charge is 0.379 e.